The van der Waals surface area contributed by atoms with E-state index in [9.17, 15) is 4.79 Å². The van der Waals surface area contributed by atoms with Gasteiger partial charge in [-0.25, -0.2) is 4.79 Å². The van der Waals surface area contributed by atoms with Gasteiger partial charge < -0.3 is 24.4 Å². The van der Waals surface area contributed by atoms with Gasteiger partial charge in [0, 0.05) is 20.4 Å². The SMILES string of the molecule is BrP(Br)Br.CC(C)(CBr)Oc1ccc(Cl)cc1.CC(C)(CO)Oc1ccc(Cl)cc1.CC(C)(Oc1ccc(Cl)cc1)C(=O)O. The number of rotatable bonds is 9. The van der Waals surface area contributed by atoms with E-state index in [2.05, 4.69) is 62.4 Å². The fourth-order valence-corrected chi connectivity index (χ4v) is 3.04. The molecule has 0 amide bonds. The number of carbonyl (C=O) groups is 1. The Bertz CT molecular complexity index is 1170. The lowest BCUT2D eigenvalue weighted by atomic mass is 10.1. The van der Waals surface area contributed by atoms with Crippen LogP contribution in [0.25, 0.3) is 0 Å². The minimum absolute atomic E-state index is 0.0182. The van der Waals surface area contributed by atoms with Crippen LogP contribution in [0, 0.1) is 0 Å². The van der Waals surface area contributed by atoms with E-state index in [-0.39, 0.29) is 16.2 Å². The maximum absolute atomic E-state index is 10.7. The van der Waals surface area contributed by atoms with Crippen LogP contribution in [0.5, 0.6) is 17.2 Å². The number of hydrogen-bond donors (Lipinski definition) is 2. The number of benzene rings is 3. The van der Waals surface area contributed by atoms with Gasteiger partial charge in [0.05, 0.1) is 6.61 Å². The Morgan fingerprint density at radius 1 is 0.659 bits per heavy atom. The molecule has 0 aliphatic rings. The molecule has 0 spiro atoms. The van der Waals surface area contributed by atoms with Crippen molar-refractivity contribution in [2.75, 3.05) is 11.9 Å². The summed E-state index contributed by atoms with van der Waals surface area (Å²) in [6, 6.07) is 21.0. The highest BCUT2D eigenvalue weighted by atomic mass is 80.0. The quantitative estimate of drug-likeness (QED) is 0.164. The largest absolute Gasteiger partial charge is 0.487 e. The highest BCUT2D eigenvalue weighted by Crippen LogP contribution is 2.59. The molecule has 0 aromatic heterocycles. The minimum Gasteiger partial charge on any atom is -0.487 e. The molecule has 0 aliphatic carbocycles. The Morgan fingerprint density at radius 3 is 1.18 bits per heavy atom. The van der Waals surface area contributed by atoms with Crippen molar-refractivity contribution in [2.45, 2.75) is 58.3 Å². The molecule has 6 nitrogen and oxygen atoms in total. The maximum atomic E-state index is 10.7. The lowest BCUT2D eigenvalue weighted by Crippen LogP contribution is -2.37. The lowest BCUT2D eigenvalue weighted by Gasteiger charge is -2.23. The van der Waals surface area contributed by atoms with Crippen molar-refractivity contribution in [3.05, 3.63) is 87.9 Å². The van der Waals surface area contributed by atoms with Crippen molar-refractivity contribution >= 4 is 107 Å². The number of carboxylic acids is 1. The third kappa shape index (κ3) is 21.5. The molecule has 0 bridgehead atoms. The summed E-state index contributed by atoms with van der Waals surface area (Å²) in [5.74, 6) is 1.03. The number of halogens is 7. The first-order valence-corrected chi connectivity index (χ1v) is 22.4. The molecule has 0 saturated heterocycles. The predicted octanol–water partition coefficient (Wildman–Crippen LogP) is 12.4. The molecule has 3 aromatic rings. The Labute approximate surface area is 309 Å². The first kappa shape index (κ1) is 43.7. The fourth-order valence-electron chi connectivity index (χ4n) is 2.54. The van der Waals surface area contributed by atoms with Crippen molar-refractivity contribution in [1.29, 1.82) is 0 Å². The van der Waals surface area contributed by atoms with Gasteiger partial charge in [-0.3, -0.25) is 0 Å². The van der Waals surface area contributed by atoms with E-state index in [4.69, 9.17) is 59.2 Å². The van der Waals surface area contributed by atoms with Crippen LogP contribution < -0.4 is 14.2 Å². The van der Waals surface area contributed by atoms with Gasteiger partial charge in [0.1, 0.15) is 32.5 Å². The molecule has 0 heterocycles. The van der Waals surface area contributed by atoms with E-state index in [0.717, 1.165) is 16.1 Å². The van der Waals surface area contributed by atoms with Crippen molar-refractivity contribution < 1.29 is 29.2 Å². The Kier molecular flexibility index (Phi) is 21.4. The van der Waals surface area contributed by atoms with E-state index in [1.165, 1.54) is 13.8 Å². The monoisotopic (exact) mass is 944 g/mol. The summed E-state index contributed by atoms with van der Waals surface area (Å²) in [5, 5.41) is 20.5. The number of alkyl halides is 1. The van der Waals surface area contributed by atoms with Gasteiger partial charge in [-0.2, -0.15) is 0 Å². The van der Waals surface area contributed by atoms with Gasteiger partial charge in [-0.15, -0.1) is 0 Å². The summed E-state index contributed by atoms with van der Waals surface area (Å²) in [5.41, 5.74) is -1.96. The Morgan fingerprint density at radius 2 is 0.932 bits per heavy atom. The Balaban J connectivity index is 0.000000594. The van der Waals surface area contributed by atoms with E-state index >= 15 is 0 Å². The highest BCUT2D eigenvalue weighted by Gasteiger charge is 2.29. The molecule has 44 heavy (non-hydrogen) atoms. The molecular formula is C30H36Br4Cl3O6P. The lowest BCUT2D eigenvalue weighted by molar-refractivity contribution is -0.152. The summed E-state index contributed by atoms with van der Waals surface area (Å²) in [6.45, 7) is 10.7. The van der Waals surface area contributed by atoms with E-state index in [1.807, 2.05) is 52.0 Å². The van der Waals surface area contributed by atoms with Gasteiger partial charge >= 0.3 is 5.97 Å². The van der Waals surface area contributed by atoms with Crippen LogP contribution in [-0.2, 0) is 4.79 Å². The molecule has 0 atom stereocenters. The second-order valence-corrected chi connectivity index (χ2v) is 27.7. The zero-order valence-corrected chi connectivity index (χ0v) is 34.5. The third-order valence-electron chi connectivity index (χ3n) is 4.82. The summed E-state index contributed by atoms with van der Waals surface area (Å²) in [7, 11) is 0. The molecule has 14 heteroatoms. The summed E-state index contributed by atoms with van der Waals surface area (Å²) < 4.78 is 16.3. The van der Waals surface area contributed by atoms with Crippen LogP contribution in [0.15, 0.2) is 72.8 Å². The highest BCUT2D eigenvalue weighted by molar-refractivity contribution is 9.93. The molecule has 0 unspecified atom stereocenters. The number of ether oxygens (including phenoxy) is 3. The van der Waals surface area contributed by atoms with Crippen LogP contribution in [0.4, 0.5) is 0 Å². The number of hydrogen-bond acceptors (Lipinski definition) is 5. The number of aliphatic hydroxyl groups is 1. The average molecular weight is 950 g/mol. The fraction of sp³-hybridized carbons (Fsp3) is 0.367. The van der Waals surface area contributed by atoms with E-state index < -0.39 is 17.2 Å². The van der Waals surface area contributed by atoms with Crippen LogP contribution in [0.3, 0.4) is 0 Å². The molecule has 2 N–H and O–H groups in total. The maximum Gasteiger partial charge on any atom is 0.347 e. The van der Waals surface area contributed by atoms with Gasteiger partial charge in [-0.1, -0.05) is 50.7 Å². The second kappa shape index (κ2) is 21.6. The van der Waals surface area contributed by atoms with Crippen LogP contribution in [0.1, 0.15) is 41.5 Å². The smallest absolute Gasteiger partial charge is 0.347 e. The summed E-state index contributed by atoms with van der Waals surface area (Å²) in [6.07, 6.45) is 0. The number of aliphatic hydroxyl groups excluding tert-OH is 1. The van der Waals surface area contributed by atoms with Gasteiger partial charge in [0.25, 0.3) is 0 Å². The summed E-state index contributed by atoms with van der Waals surface area (Å²) in [4.78, 5) is 10.7. The molecule has 246 valence electrons. The topological polar surface area (TPSA) is 85.2 Å². The molecule has 0 fully saturated rings. The molecular weight excluding hydrogens is 913 g/mol. The minimum atomic E-state index is -1.23. The van der Waals surface area contributed by atoms with Gasteiger partial charge in [0.15, 0.2) is 5.60 Å². The zero-order valence-electron chi connectivity index (χ0n) is 25.0. The second-order valence-electron chi connectivity index (χ2n) is 10.5. The van der Waals surface area contributed by atoms with Crippen LogP contribution in [-0.4, -0.2) is 44.9 Å². The average Bonchev–Trinajstić information content (AvgIpc) is 2.93. The number of carboxylic acid groups (broad SMARTS) is 1. The summed E-state index contributed by atoms with van der Waals surface area (Å²) >= 11 is 30.0. The third-order valence-corrected chi connectivity index (χ3v) is 6.93. The van der Waals surface area contributed by atoms with Gasteiger partial charge in [-0.05, 0) is 161 Å². The molecule has 0 saturated carbocycles. The van der Waals surface area contributed by atoms with Crippen LogP contribution >= 0.6 is 101 Å². The van der Waals surface area contributed by atoms with Crippen molar-refractivity contribution in [3.63, 3.8) is 0 Å². The number of aliphatic carboxylic acids is 1. The van der Waals surface area contributed by atoms with Crippen molar-refractivity contribution in [3.8, 4) is 17.2 Å². The van der Waals surface area contributed by atoms with Gasteiger partial charge in [0.2, 0.25) is 0 Å². The van der Waals surface area contributed by atoms with E-state index in [0.29, 0.717) is 21.5 Å². The predicted molar refractivity (Wildman–Crippen MR) is 201 cm³/mol. The normalized spacial score (nSPS) is 11.1. The Hall–Kier alpha value is -0.290. The van der Waals surface area contributed by atoms with Crippen molar-refractivity contribution in [2.24, 2.45) is 0 Å². The first-order valence-electron chi connectivity index (χ1n) is 12.7. The molecule has 3 rings (SSSR count). The standard InChI is InChI=1S/C10H12BrClO.C10H11ClO3.C10H13ClO2.Br3P/c1-10(2,7-11)13-9-5-3-8(12)4-6-9;1-10(2,9(12)13)14-8-5-3-7(11)4-6-8;1-10(2,7-12)13-9-5-3-8(11)4-6-9;1-4(2)3/h3-6H,7H2,1-2H3;3-6H,1-2H3,(H,12,13);3-6,12H,7H2,1-2H3;. The molecule has 3 aromatic carbocycles. The molecule has 0 aliphatic heterocycles. The van der Waals surface area contributed by atoms with E-state index in [1.54, 1.807) is 48.5 Å². The molecule has 0 radical (unpaired) electrons. The van der Waals surface area contributed by atoms with Crippen molar-refractivity contribution in [1.82, 2.24) is 0 Å². The van der Waals surface area contributed by atoms with Crippen LogP contribution in [0.2, 0.25) is 15.1 Å². The first-order chi connectivity index (χ1) is 20.2. The zero-order chi connectivity index (χ0) is 34.1.